The van der Waals surface area contributed by atoms with E-state index in [9.17, 15) is 4.79 Å². The SMILES string of the molecule is CC(C)c1cc(=O)oc2cc(OCCC3OCCO3)ccc12. The molecule has 1 fully saturated rings. The van der Waals surface area contributed by atoms with Gasteiger partial charge in [-0.1, -0.05) is 13.8 Å². The van der Waals surface area contributed by atoms with Gasteiger partial charge in [0.15, 0.2) is 6.29 Å². The van der Waals surface area contributed by atoms with Gasteiger partial charge in [-0.2, -0.15) is 0 Å². The molecular formula is C17H20O5. The quantitative estimate of drug-likeness (QED) is 0.795. The maximum absolute atomic E-state index is 11.7. The molecule has 0 unspecified atom stereocenters. The van der Waals surface area contributed by atoms with Crippen LogP contribution in [0.15, 0.2) is 33.5 Å². The lowest BCUT2D eigenvalue weighted by Crippen LogP contribution is -2.12. The number of benzene rings is 1. The molecule has 0 aliphatic carbocycles. The molecule has 0 saturated carbocycles. The summed E-state index contributed by atoms with van der Waals surface area (Å²) in [4.78, 5) is 11.7. The van der Waals surface area contributed by atoms with Crippen LogP contribution in [-0.4, -0.2) is 26.1 Å². The minimum absolute atomic E-state index is 0.175. The normalized spacial score (nSPS) is 15.8. The van der Waals surface area contributed by atoms with Crippen LogP contribution in [-0.2, 0) is 9.47 Å². The van der Waals surface area contributed by atoms with Crippen LogP contribution in [0.5, 0.6) is 5.75 Å². The van der Waals surface area contributed by atoms with Crippen molar-refractivity contribution in [3.8, 4) is 5.75 Å². The highest BCUT2D eigenvalue weighted by molar-refractivity contribution is 5.82. The largest absolute Gasteiger partial charge is 0.493 e. The van der Waals surface area contributed by atoms with Gasteiger partial charge in [0.2, 0.25) is 0 Å². The van der Waals surface area contributed by atoms with Gasteiger partial charge in [-0.25, -0.2) is 4.79 Å². The minimum Gasteiger partial charge on any atom is -0.493 e. The Bertz CT molecular complexity index is 698. The predicted molar refractivity (Wildman–Crippen MR) is 82.4 cm³/mol. The topological polar surface area (TPSA) is 57.9 Å². The predicted octanol–water partition coefficient (Wildman–Crippen LogP) is 3.06. The standard InChI is InChI=1S/C17H20O5/c1-11(2)14-10-16(18)22-15-9-12(3-4-13(14)15)19-6-5-17-20-7-8-21-17/h3-4,9-11,17H,5-8H2,1-2H3. The van der Waals surface area contributed by atoms with Gasteiger partial charge < -0.3 is 18.6 Å². The summed E-state index contributed by atoms with van der Waals surface area (Å²) in [6.45, 7) is 5.89. The van der Waals surface area contributed by atoms with E-state index in [2.05, 4.69) is 13.8 Å². The summed E-state index contributed by atoms with van der Waals surface area (Å²) in [6.07, 6.45) is 0.500. The molecule has 1 saturated heterocycles. The second-order valence-electron chi connectivity index (χ2n) is 5.64. The Kier molecular flexibility index (Phi) is 4.45. The summed E-state index contributed by atoms with van der Waals surface area (Å²) in [5, 5.41) is 0.949. The molecule has 1 aromatic heterocycles. The first kappa shape index (κ1) is 15.1. The Balaban J connectivity index is 1.76. The molecule has 0 bridgehead atoms. The van der Waals surface area contributed by atoms with Crippen LogP contribution in [0.25, 0.3) is 11.0 Å². The Labute approximate surface area is 128 Å². The van der Waals surface area contributed by atoms with E-state index < -0.39 is 0 Å². The van der Waals surface area contributed by atoms with Gasteiger partial charge in [0, 0.05) is 23.9 Å². The molecule has 3 rings (SSSR count). The van der Waals surface area contributed by atoms with E-state index in [1.807, 2.05) is 12.1 Å². The number of rotatable bonds is 5. The van der Waals surface area contributed by atoms with Crippen molar-refractivity contribution >= 4 is 11.0 Å². The van der Waals surface area contributed by atoms with Crippen molar-refractivity contribution in [3.05, 3.63) is 40.2 Å². The fourth-order valence-corrected chi connectivity index (χ4v) is 2.58. The van der Waals surface area contributed by atoms with E-state index in [4.69, 9.17) is 18.6 Å². The number of fused-ring (bicyclic) bond motifs is 1. The highest BCUT2D eigenvalue weighted by Crippen LogP contribution is 2.27. The van der Waals surface area contributed by atoms with Gasteiger partial charge in [-0.15, -0.1) is 0 Å². The zero-order chi connectivity index (χ0) is 15.5. The van der Waals surface area contributed by atoms with Crippen LogP contribution in [0.2, 0.25) is 0 Å². The van der Waals surface area contributed by atoms with Crippen LogP contribution in [0, 0.1) is 0 Å². The molecular weight excluding hydrogens is 284 g/mol. The first-order valence-electron chi connectivity index (χ1n) is 7.57. The summed E-state index contributed by atoms with van der Waals surface area (Å²) in [6, 6.07) is 7.15. The Hall–Kier alpha value is -1.85. The van der Waals surface area contributed by atoms with Crippen LogP contribution in [0.4, 0.5) is 0 Å². The zero-order valence-electron chi connectivity index (χ0n) is 12.8. The summed E-state index contributed by atoms with van der Waals surface area (Å²) in [5.41, 5.74) is 1.22. The molecule has 1 aliphatic rings. The van der Waals surface area contributed by atoms with Crippen LogP contribution >= 0.6 is 0 Å². The third-order valence-electron chi connectivity index (χ3n) is 3.68. The van der Waals surface area contributed by atoms with Crippen molar-refractivity contribution in [1.29, 1.82) is 0 Å². The summed E-state index contributed by atoms with van der Waals surface area (Å²) >= 11 is 0. The molecule has 118 valence electrons. The van der Waals surface area contributed by atoms with Crippen molar-refractivity contribution in [3.63, 3.8) is 0 Å². The third kappa shape index (κ3) is 3.31. The van der Waals surface area contributed by atoms with E-state index >= 15 is 0 Å². The minimum atomic E-state index is -0.332. The summed E-state index contributed by atoms with van der Waals surface area (Å²) in [5.74, 6) is 0.935. The number of hydrogen-bond donors (Lipinski definition) is 0. The van der Waals surface area contributed by atoms with Crippen molar-refractivity contribution in [2.75, 3.05) is 19.8 Å². The maximum Gasteiger partial charge on any atom is 0.336 e. The summed E-state index contributed by atoms with van der Waals surface area (Å²) < 4.78 is 21.7. The third-order valence-corrected chi connectivity index (χ3v) is 3.68. The first-order valence-corrected chi connectivity index (χ1v) is 7.57. The van der Waals surface area contributed by atoms with Gasteiger partial charge in [0.1, 0.15) is 11.3 Å². The van der Waals surface area contributed by atoms with Crippen molar-refractivity contribution in [2.45, 2.75) is 32.5 Å². The zero-order valence-corrected chi connectivity index (χ0v) is 12.8. The average Bonchev–Trinajstić information content (AvgIpc) is 2.99. The molecule has 5 nitrogen and oxygen atoms in total. The molecule has 1 aliphatic heterocycles. The fourth-order valence-electron chi connectivity index (χ4n) is 2.58. The first-order chi connectivity index (χ1) is 10.6. The molecule has 2 heterocycles. The molecule has 0 N–H and O–H groups in total. The van der Waals surface area contributed by atoms with Crippen molar-refractivity contribution in [1.82, 2.24) is 0 Å². The highest BCUT2D eigenvalue weighted by atomic mass is 16.7. The van der Waals surface area contributed by atoms with Crippen molar-refractivity contribution < 1.29 is 18.6 Å². The van der Waals surface area contributed by atoms with Crippen LogP contribution < -0.4 is 10.4 Å². The van der Waals surface area contributed by atoms with Gasteiger partial charge in [-0.3, -0.25) is 0 Å². The molecule has 22 heavy (non-hydrogen) atoms. The highest BCUT2D eigenvalue weighted by Gasteiger charge is 2.15. The molecule has 5 heteroatoms. The van der Waals surface area contributed by atoms with E-state index in [1.165, 1.54) is 0 Å². The molecule has 0 amide bonds. The molecule has 1 aromatic carbocycles. The Morgan fingerprint density at radius 2 is 2.00 bits per heavy atom. The second kappa shape index (κ2) is 6.50. The maximum atomic E-state index is 11.7. The smallest absolute Gasteiger partial charge is 0.336 e. The average molecular weight is 304 g/mol. The van der Waals surface area contributed by atoms with E-state index in [1.54, 1.807) is 12.1 Å². The van der Waals surface area contributed by atoms with Gasteiger partial charge in [0.05, 0.1) is 19.8 Å². The van der Waals surface area contributed by atoms with E-state index in [-0.39, 0.29) is 17.8 Å². The van der Waals surface area contributed by atoms with Crippen LogP contribution in [0.3, 0.4) is 0 Å². The van der Waals surface area contributed by atoms with E-state index in [0.717, 1.165) is 10.9 Å². The van der Waals surface area contributed by atoms with E-state index in [0.29, 0.717) is 37.6 Å². The lowest BCUT2D eigenvalue weighted by molar-refractivity contribution is -0.0531. The van der Waals surface area contributed by atoms with Gasteiger partial charge in [0.25, 0.3) is 0 Å². The summed E-state index contributed by atoms with van der Waals surface area (Å²) in [7, 11) is 0. The Morgan fingerprint density at radius 1 is 1.23 bits per heavy atom. The Morgan fingerprint density at radius 3 is 2.73 bits per heavy atom. The monoisotopic (exact) mass is 304 g/mol. The van der Waals surface area contributed by atoms with Crippen LogP contribution in [0.1, 0.15) is 31.7 Å². The number of hydrogen-bond acceptors (Lipinski definition) is 5. The van der Waals surface area contributed by atoms with Gasteiger partial charge in [-0.05, 0) is 23.6 Å². The molecule has 0 radical (unpaired) electrons. The lowest BCUT2D eigenvalue weighted by atomic mass is 10.00. The van der Waals surface area contributed by atoms with Gasteiger partial charge >= 0.3 is 5.63 Å². The second-order valence-corrected chi connectivity index (χ2v) is 5.64. The molecule has 2 aromatic rings. The lowest BCUT2D eigenvalue weighted by Gasteiger charge is -2.12. The molecule has 0 atom stereocenters. The fraction of sp³-hybridized carbons (Fsp3) is 0.471. The van der Waals surface area contributed by atoms with Crippen molar-refractivity contribution in [2.24, 2.45) is 0 Å². The molecule has 0 spiro atoms. The number of ether oxygens (including phenoxy) is 3.